The number of likely N-dealkylation sites (tertiary alicyclic amines) is 1. The van der Waals surface area contributed by atoms with Crippen LogP contribution in [0.5, 0.6) is 0 Å². The number of hydrogen-bond donors (Lipinski definition) is 0. The van der Waals surface area contributed by atoms with Crippen molar-refractivity contribution in [3.8, 4) is 0 Å². The highest BCUT2D eigenvalue weighted by molar-refractivity contribution is 5.92. The van der Waals surface area contributed by atoms with Crippen molar-refractivity contribution in [3.05, 3.63) is 53.4 Å². The minimum Gasteiger partial charge on any atom is -0.381 e. The maximum atomic E-state index is 12.6. The van der Waals surface area contributed by atoms with Crippen molar-refractivity contribution >= 4 is 5.91 Å². The van der Waals surface area contributed by atoms with Crippen LogP contribution < -0.4 is 0 Å². The zero-order valence-corrected chi connectivity index (χ0v) is 13.6. The summed E-state index contributed by atoms with van der Waals surface area (Å²) in [4.78, 5) is 14.4. The largest absolute Gasteiger partial charge is 0.381 e. The van der Waals surface area contributed by atoms with Crippen LogP contribution in [0.3, 0.4) is 0 Å². The van der Waals surface area contributed by atoms with Crippen LogP contribution >= 0.6 is 0 Å². The lowest BCUT2D eigenvalue weighted by Gasteiger charge is -2.37. The van der Waals surface area contributed by atoms with Gasteiger partial charge in [0.15, 0.2) is 5.69 Å². The average molecular weight is 314 g/mol. The fourth-order valence-electron chi connectivity index (χ4n) is 3.25. The molecule has 0 unspecified atom stereocenters. The number of carbonyl (C=O) groups excluding carboxylic acids is 1. The van der Waals surface area contributed by atoms with Gasteiger partial charge in [-0.05, 0) is 25.3 Å². The zero-order chi connectivity index (χ0) is 16.2. The average Bonchev–Trinajstić information content (AvgIpc) is 3.01. The first-order valence-electron chi connectivity index (χ1n) is 7.96. The van der Waals surface area contributed by atoms with Crippen LogP contribution in [-0.4, -0.2) is 42.3 Å². The predicted octanol–water partition coefficient (Wildman–Crippen LogP) is 2.70. The summed E-state index contributed by atoms with van der Waals surface area (Å²) in [6.07, 6.45) is 1.93. The normalized spacial score (nSPS) is 21.4. The first-order valence-corrected chi connectivity index (χ1v) is 7.96. The van der Waals surface area contributed by atoms with Gasteiger partial charge in [-0.2, -0.15) is 0 Å². The molecule has 2 atom stereocenters. The van der Waals surface area contributed by atoms with Gasteiger partial charge in [0, 0.05) is 32.2 Å². The van der Waals surface area contributed by atoms with Crippen molar-refractivity contribution < 1.29 is 14.1 Å². The lowest BCUT2D eigenvalue weighted by Crippen LogP contribution is -2.47. The summed E-state index contributed by atoms with van der Waals surface area (Å²) in [5.41, 5.74) is 1.66. The second kappa shape index (κ2) is 6.96. The maximum absolute atomic E-state index is 12.6. The second-order valence-electron chi connectivity index (χ2n) is 6.09. The monoisotopic (exact) mass is 314 g/mol. The summed E-state index contributed by atoms with van der Waals surface area (Å²) >= 11 is 0. The van der Waals surface area contributed by atoms with E-state index in [1.54, 1.807) is 20.1 Å². The smallest absolute Gasteiger partial charge is 0.276 e. The van der Waals surface area contributed by atoms with E-state index >= 15 is 0 Å². The molecule has 23 heavy (non-hydrogen) atoms. The Hall–Kier alpha value is -2.14. The minimum atomic E-state index is -0.0607. The van der Waals surface area contributed by atoms with Gasteiger partial charge in [-0.1, -0.05) is 35.5 Å². The Balaban J connectivity index is 1.71. The Bertz CT molecular complexity index is 653. The van der Waals surface area contributed by atoms with Gasteiger partial charge in [-0.3, -0.25) is 4.79 Å². The van der Waals surface area contributed by atoms with Crippen LogP contribution in [0, 0.1) is 12.8 Å². The van der Waals surface area contributed by atoms with E-state index in [4.69, 9.17) is 9.26 Å². The number of benzene rings is 1. The summed E-state index contributed by atoms with van der Waals surface area (Å²) in [7, 11) is 1.75. The first-order chi connectivity index (χ1) is 11.2. The van der Waals surface area contributed by atoms with Crippen molar-refractivity contribution in [1.82, 2.24) is 10.1 Å². The molecule has 0 N–H and O–H groups in total. The van der Waals surface area contributed by atoms with Gasteiger partial charge in [0.25, 0.3) is 5.91 Å². The van der Waals surface area contributed by atoms with Crippen molar-refractivity contribution in [3.63, 3.8) is 0 Å². The Kier molecular flexibility index (Phi) is 4.76. The molecular weight excluding hydrogens is 292 g/mol. The van der Waals surface area contributed by atoms with E-state index in [0.717, 1.165) is 12.8 Å². The van der Waals surface area contributed by atoms with Crippen LogP contribution in [0.15, 0.2) is 40.9 Å². The number of hydrogen-bond acceptors (Lipinski definition) is 4. The topological polar surface area (TPSA) is 55.6 Å². The van der Waals surface area contributed by atoms with E-state index in [9.17, 15) is 4.79 Å². The number of ether oxygens (including phenoxy) is 1. The molecule has 2 heterocycles. The third-order valence-corrected chi connectivity index (χ3v) is 4.44. The molecule has 0 saturated carbocycles. The van der Waals surface area contributed by atoms with E-state index in [1.165, 1.54) is 5.56 Å². The number of carbonyl (C=O) groups is 1. The Morgan fingerprint density at radius 2 is 2.17 bits per heavy atom. The lowest BCUT2D eigenvalue weighted by molar-refractivity contribution is -0.00327. The SMILES string of the molecule is CO[C@@H]1CCN(C(=O)c2cc(C)on2)C[C@H]1Cc1ccccc1. The number of nitrogens with zero attached hydrogens (tertiary/aromatic N) is 2. The van der Waals surface area contributed by atoms with Gasteiger partial charge in [0.1, 0.15) is 5.76 Å². The fourth-order valence-corrected chi connectivity index (χ4v) is 3.25. The minimum absolute atomic E-state index is 0.0607. The lowest BCUT2D eigenvalue weighted by atomic mass is 9.88. The summed E-state index contributed by atoms with van der Waals surface area (Å²) in [5, 5.41) is 3.84. The Morgan fingerprint density at radius 1 is 1.39 bits per heavy atom. The molecule has 5 nitrogen and oxygen atoms in total. The number of methoxy groups -OCH3 is 1. The summed E-state index contributed by atoms with van der Waals surface area (Å²) < 4.78 is 10.7. The standard InChI is InChI=1S/C18H22N2O3/c1-13-10-16(19-23-13)18(21)20-9-8-17(22-2)15(12-20)11-14-6-4-3-5-7-14/h3-7,10,15,17H,8-9,11-12H2,1-2H3/t15-,17-/m1/s1. The molecule has 1 aliphatic rings. The van der Waals surface area contributed by atoms with Gasteiger partial charge >= 0.3 is 0 Å². The molecule has 1 fully saturated rings. The molecule has 122 valence electrons. The van der Waals surface area contributed by atoms with E-state index in [-0.39, 0.29) is 17.9 Å². The molecule has 1 saturated heterocycles. The molecule has 1 aromatic carbocycles. The van der Waals surface area contributed by atoms with E-state index in [1.807, 2.05) is 23.1 Å². The Morgan fingerprint density at radius 3 is 2.83 bits per heavy atom. The highest BCUT2D eigenvalue weighted by atomic mass is 16.5. The van der Waals surface area contributed by atoms with Gasteiger partial charge in [-0.15, -0.1) is 0 Å². The highest BCUT2D eigenvalue weighted by Crippen LogP contribution is 2.24. The molecule has 1 amide bonds. The van der Waals surface area contributed by atoms with Crippen LogP contribution in [0.2, 0.25) is 0 Å². The van der Waals surface area contributed by atoms with Crippen LogP contribution in [0.1, 0.15) is 28.2 Å². The molecule has 0 aliphatic carbocycles. The summed E-state index contributed by atoms with van der Waals surface area (Å²) in [6, 6.07) is 12.0. The van der Waals surface area contributed by atoms with Crippen molar-refractivity contribution in [2.24, 2.45) is 5.92 Å². The van der Waals surface area contributed by atoms with E-state index in [0.29, 0.717) is 24.5 Å². The molecule has 0 spiro atoms. The quantitative estimate of drug-likeness (QED) is 0.870. The predicted molar refractivity (Wildman–Crippen MR) is 86.2 cm³/mol. The van der Waals surface area contributed by atoms with Crippen molar-refractivity contribution in [2.75, 3.05) is 20.2 Å². The molecule has 0 bridgehead atoms. The number of aromatic nitrogens is 1. The van der Waals surface area contributed by atoms with Gasteiger partial charge in [0.2, 0.25) is 0 Å². The van der Waals surface area contributed by atoms with Crippen LogP contribution in [-0.2, 0) is 11.2 Å². The first kappa shape index (κ1) is 15.7. The second-order valence-corrected chi connectivity index (χ2v) is 6.09. The van der Waals surface area contributed by atoms with E-state index in [2.05, 4.69) is 17.3 Å². The van der Waals surface area contributed by atoms with Gasteiger partial charge < -0.3 is 14.2 Å². The molecule has 1 aliphatic heterocycles. The maximum Gasteiger partial charge on any atom is 0.276 e. The summed E-state index contributed by atoms with van der Waals surface area (Å²) in [5.74, 6) is 0.878. The fraction of sp³-hybridized carbons (Fsp3) is 0.444. The molecule has 1 aromatic heterocycles. The molecule has 5 heteroatoms. The third kappa shape index (κ3) is 3.62. The molecule has 2 aromatic rings. The molecular formula is C18H22N2O3. The summed E-state index contributed by atoms with van der Waals surface area (Å²) in [6.45, 7) is 3.16. The van der Waals surface area contributed by atoms with Crippen LogP contribution in [0.25, 0.3) is 0 Å². The Labute approximate surface area is 136 Å². The number of amides is 1. The molecule has 0 radical (unpaired) electrons. The van der Waals surface area contributed by atoms with Gasteiger partial charge in [0.05, 0.1) is 6.10 Å². The third-order valence-electron chi connectivity index (χ3n) is 4.44. The van der Waals surface area contributed by atoms with Crippen molar-refractivity contribution in [2.45, 2.75) is 25.9 Å². The number of piperidine rings is 1. The molecule has 3 rings (SSSR count). The van der Waals surface area contributed by atoms with Crippen molar-refractivity contribution in [1.29, 1.82) is 0 Å². The van der Waals surface area contributed by atoms with E-state index < -0.39 is 0 Å². The highest BCUT2D eigenvalue weighted by Gasteiger charge is 2.32. The zero-order valence-electron chi connectivity index (χ0n) is 13.6. The van der Waals surface area contributed by atoms with Crippen LogP contribution in [0.4, 0.5) is 0 Å². The number of rotatable bonds is 4. The number of aryl methyl sites for hydroxylation is 1. The van der Waals surface area contributed by atoms with Gasteiger partial charge in [-0.25, -0.2) is 0 Å².